The van der Waals surface area contributed by atoms with Crippen molar-refractivity contribution in [2.45, 2.75) is 18.4 Å². The Balaban J connectivity index is 2.09. The van der Waals surface area contributed by atoms with Gasteiger partial charge in [0.05, 0.1) is 0 Å². The zero-order chi connectivity index (χ0) is 9.31. The van der Waals surface area contributed by atoms with E-state index in [2.05, 4.69) is 0 Å². The third-order valence-corrected chi connectivity index (χ3v) is 2.33. The molecule has 68 valence electrons. The summed E-state index contributed by atoms with van der Waals surface area (Å²) in [6, 6.07) is 7.10. The number of aromatic hydroxyl groups is 1. The van der Waals surface area contributed by atoms with E-state index >= 15 is 0 Å². The molecule has 1 aromatic carbocycles. The number of rotatable bonds is 2. The molecule has 0 amide bonds. The second-order valence-corrected chi connectivity index (χ2v) is 3.66. The number of hydrogen-bond donors (Lipinski definition) is 2. The first kappa shape index (κ1) is 8.32. The summed E-state index contributed by atoms with van der Waals surface area (Å²) in [6.45, 7) is 0. The maximum atomic E-state index is 9.05. The van der Waals surface area contributed by atoms with Crippen molar-refractivity contribution in [1.82, 2.24) is 0 Å². The molecule has 1 saturated carbocycles. The van der Waals surface area contributed by atoms with Crippen molar-refractivity contribution >= 4 is 6.08 Å². The first-order chi connectivity index (χ1) is 6.18. The van der Waals surface area contributed by atoms with Gasteiger partial charge in [-0.05, 0) is 30.5 Å². The van der Waals surface area contributed by atoms with Crippen molar-refractivity contribution < 1.29 is 5.11 Å². The van der Waals surface area contributed by atoms with Crippen molar-refractivity contribution in [3.63, 3.8) is 0 Å². The van der Waals surface area contributed by atoms with Gasteiger partial charge in [0, 0.05) is 5.54 Å². The first-order valence-electron chi connectivity index (χ1n) is 4.45. The smallest absolute Gasteiger partial charge is 0.115 e. The summed E-state index contributed by atoms with van der Waals surface area (Å²) >= 11 is 0. The Hall–Kier alpha value is -1.28. The first-order valence-corrected chi connectivity index (χ1v) is 4.45. The van der Waals surface area contributed by atoms with Crippen LogP contribution in [0, 0.1) is 0 Å². The van der Waals surface area contributed by atoms with Crippen LogP contribution < -0.4 is 5.73 Å². The van der Waals surface area contributed by atoms with Gasteiger partial charge in [0.15, 0.2) is 0 Å². The minimum atomic E-state index is -0.0438. The van der Waals surface area contributed by atoms with E-state index in [9.17, 15) is 0 Å². The van der Waals surface area contributed by atoms with Crippen molar-refractivity contribution in [3.05, 3.63) is 35.9 Å². The van der Waals surface area contributed by atoms with Crippen molar-refractivity contribution in [2.75, 3.05) is 0 Å². The van der Waals surface area contributed by atoms with E-state index in [0.29, 0.717) is 5.75 Å². The highest BCUT2D eigenvalue weighted by atomic mass is 16.3. The molecule has 0 unspecified atom stereocenters. The Bertz CT molecular complexity index is 322. The quantitative estimate of drug-likeness (QED) is 0.721. The Morgan fingerprint density at radius 3 is 2.38 bits per heavy atom. The van der Waals surface area contributed by atoms with E-state index in [-0.39, 0.29) is 5.54 Å². The lowest BCUT2D eigenvalue weighted by atomic mass is 10.1. The van der Waals surface area contributed by atoms with Crippen LogP contribution in [0.15, 0.2) is 30.3 Å². The van der Waals surface area contributed by atoms with Crippen LogP contribution in [0.25, 0.3) is 6.08 Å². The molecule has 1 aliphatic carbocycles. The van der Waals surface area contributed by atoms with Gasteiger partial charge in [-0.3, -0.25) is 0 Å². The molecule has 1 aromatic rings. The zero-order valence-corrected chi connectivity index (χ0v) is 7.40. The van der Waals surface area contributed by atoms with Gasteiger partial charge >= 0.3 is 0 Å². The third kappa shape index (κ3) is 2.10. The summed E-state index contributed by atoms with van der Waals surface area (Å²) < 4.78 is 0. The summed E-state index contributed by atoms with van der Waals surface area (Å²) in [5.41, 5.74) is 6.92. The monoisotopic (exact) mass is 175 g/mol. The topological polar surface area (TPSA) is 46.2 Å². The second-order valence-electron chi connectivity index (χ2n) is 3.66. The number of nitrogens with two attached hydrogens (primary N) is 1. The van der Waals surface area contributed by atoms with Crippen LogP contribution in [-0.4, -0.2) is 10.6 Å². The molecule has 0 saturated heterocycles. The second kappa shape index (κ2) is 2.89. The maximum absolute atomic E-state index is 9.05. The van der Waals surface area contributed by atoms with Crippen LogP contribution in [-0.2, 0) is 0 Å². The molecule has 2 heteroatoms. The molecule has 0 heterocycles. The molecule has 1 fully saturated rings. The van der Waals surface area contributed by atoms with Gasteiger partial charge in [-0.15, -0.1) is 0 Å². The average molecular weight is 175 g/mol. The normalized spacial score (nSPS) is 19.2. The van der Waals surface area contributed by atoms with Crippen molar-refractivity contribution in [1.29, 1.82) is 0 Å². The Morgan fingerprint density at radius 2 is 1.85 bits per heavy atom. The molecule has 0 spiro atoms. The summed E-state index contributed by atoms with van der Waals surface area (Å²) in [6.07, 6.45) is 6.22. The SMILES string of the molecule is NC1(/C=C/c2ccc(O)cc2)CC1. The number of phenolic OH excluding ortho intramolecular Hbond substituents is 1. The van der Waals surface area contributed by atoms with Gasteiger partial charge in [0.25, 0.3) is 0 Å². The lowest BCUT2D eigenvalue weighted by Crippen LogP contribution is -2.17. The largest absolute Gasteiger partial charge is 0.508 e. The average Bonchev–Trinajstić information content (AvgIpc) is 2.84. The van der Waals surface area contributed by atoms with Gasteiger partial charge in [-0.25, -0.2) is 0 Å². The Labute approximate surface area is 77.7 Å². The Kier molecular flexibility index (Phi) is 1.85. The molecule has 0 radical (unpaired) electrons. The summed E-state index contributed by atoms with van der Waals surface area (Å²) in [4.78, 5) is 0. The highest BCUT2D eigenvalue weighted by Gasteiger charge is 2.34. The fourth-order valence-electron chi connectivity index (χ4n) is 1.16. The minimum Gasteiger partial charge on any atom is -0.508 e. The van der Waals surface area contributed by atoms with Crippen LogP contribution in [0.4, 0.5) is 0 Å². The van der Waals surface area contributed by atoms with Gasteiger partial charge in [0.2, 0.25) is 0 Å². The summed E-state index contributed by atoms with van der Waals surface area (Å²) in [5, 5.41) is 9.05. The van der Waals surface area contributed by atoms with E-state index < -0.39 is 0 Å². The van der Waals surface area contributed by atoms with Gasteiger partial charge in [-0.2, -0.15) is 0 Å². The van der Waals surface area contributed by atoms with Crippen molar-refractivity contribution in [2.24, 2.45) is 5.73 Å². The van der Waals surface area contributed by atoms with E-state index in [1.807, 2.05) is 24.3 Å². The molecule has 2 nitrogen and oxygen atoms in total. The molecular weight excluding hydrogens is 162 g/mol. The molecule has 0 atom stereocenters. The molecule has 0 aromatic heterocycles. The lowest BCUT2D eigenvalue weighted by Gasteiger charge is -1.99. The lowest BCUT2D eigenvalue weighted by molar-refractivity contribution is 0.475. The zero-order valence-electron chi connectivity index (χ0n) is 7.40. The fourth-order valence-corrected chi connectivity index (χ4v) is 1.16. The van der Waals surface area contributed by atoms with Crippen LogP contribution >= 0.6 is 0 Å². The predicted molar refractivity (Wildman–Crippen MR) is 53.3 cm³/mol. The Morgan fingerprint density at radius 1 is 1.23 bits per heavy atom. The van der Waals surface area contributed by atoms with Crippen LogP contribution in [0.3, 0.4) is 0 Å². The highest BCUT2D eigenvalue weighted by molar-refractivity contribution is 5.52. The number of benzene rings is 1. The third-order valence-electron chi connectivity index (χ3n) is 2.33. The van der Waals surface area contributed by atoms with Gasteiger partial charge in [-0.1, -0.05) is 24.3 Å². The number of hydrogen-bond acceptors (Lipinski definition) is 2. The highest BCUT2D eigenvalue weighted by Crippen LogP contribution is 2.34. The van der Waals surface area contributed by atoms with Crippen LogP contribution in [0.1, 0.15) is 18.4 Å². The standard InChI is InChI=1S/C11H13NO/c12-11(7-8-11)6-5-9-1-3-10(13)4-2-9/h1-6,13H,7-8,12H2/b6-5+. The molecule has 1 aliphatic rings. The molecule has 0 aliphatic heterocycles. The predicted octanol–water partition coefficient (Wildman–Crippen LogP) is 1.90. The van der Waals surface area contributed by atoms with Gasteiger partial charge < -0.3 is 10.8 Å². The molecule has 3 N–H and O–H groups in total. The summed E-state index contributed by atoms with van der Waals surface area (Å²) in [5.74, 6) is 0.297. The molecule has 0 bridgehead atoms. The summed E-state index contributed by atoms with van der Waals surface area (Å²) in [7, 11) is 0. The van der Waals surface area contributed by atoms with Crippen molar-refractivity contribution in [3.8, 4) is 5.75 Å². The molecule has 2 rings (SSSR count). The van der Waals surface area contributed by atoms with E-state index in [0.717, 1.165) is 18.4 Å². The van der Waals surface area contributed by atoms with Crippen LogP contribution in [0.2, 0.25) is 0 Å². The van der Waals surface area contributed by atoms with Crippen LogP contribution in [0.5, 0.6) is 5.75 Å². The minimum absolute atomic E-state index is 0.0438. The van der Waals surface area contributed by atoms with Gasteiger partial charge in [0.1, 0.15) is 5.75 Å². The van der Waals surface area contributed by atoms with E-state index in [1.165, 1.54) is 0 Å². The van der Waals surface area contributed by atoms with E-state index in [1.54, 1.807) is 12.1 Å². The molecular formula is C11H13NO. The molecule has 13 heavy (non-hydrogen) atoms. The maximum Gasteiger partial charge on any atom is 0.115 e. The number of phenols is 1. The van der Waals surface area contributed by atoms with E-state index in [4.69, 9.17) is 10.8 Å². The fraction of sp³-hybridized carbons (Fsp3) is 0.273.